The average molecular weight is 425 g/mol. The van der Waals surface area contributed by atoms with Crippen molar-refractivity contribution in [3.63, 3.8) is 0 Å². The highest BCUT2D eigenvalue weighted by Crippen LogP contribution is 2.35. The molecule has 4 aromatic rings. The lowest BCUT2D eigenvalue weighted by Crippen LogP contribution is -2.07. The summed E-state index contributed by atoms with van der Waals surface area (Å²) in [6.07, 6.45) is 18.1. The number of aryl methyl sites for hydroxylation is 1. The smallest absolute Gasteiger partial charge is 0.247 e. The van der Waals surface area contributed by atoms with Gasteiger partial charge in [-0.15, -0.1) is 0 Å². The molecule has 7 nitrogen and oxygen atoms in total. The maximum atomic E-state index is 11.6. The van der Waals surface area contributed by atoms with Crippen molar-refractivity contribution < 1.29 is 4.79 Å². The first kappa shape index (κ1) is 20.1. The number of rotatable bonds is 8. The lowest BCUT2D eigenvalue weighted by atomic mass is 10.0. The third-order valence-electron chi connectivity index (χ3n) is 5.85. The van der Waals surface area contributed by atoms with Gasteiger partial charge in [0.2, 0.25) is 5.91 Å². The molecule has 5 rings (SSSR count). The minimum absolute atomic E-state index is 0.275. The molecule has 4 heterocycles. The molecule has 0 aromatic carbocycles. The van der Waals surface area contributed by atoms with E-state index in [1.165, 1.54) is 25.3 Å². The summed E-state index contributed by atoms with van der Waals surface area (Å²) in [5, 5.41) is 3.74. The van der Waals surface area contributed by atoms with Crippen molar-refractivity contribution in [2.75, 3.05) is 5.32 Å². The summed E-state index contributed by atoms with van der Waals surface area (Å²) in [6, 6.07) is 3.96. The van der Waals surface area contributed by atoms with Gasteiger partial charge in [0.15, 0.2) is 0 Å². The van der Waals surface area contributed by atoms with Crippen molar-refractivity contribution in [3.8, 4) is 22.4 Å². The molecule has 0 saturated heterocycles. The van der Waals surface area contributed by atoms with Crippen LogP contribution in [-0.4, -0.2) is 30.8 Å². The number of H-pyrrole nitrogens is 1. The number of aromatic nitrogens is 5. The molecule has 1 aliphatic rings. The van der Waals surface area contributed by atoms with Crippen LogP contribution in [0.2, 0.25) is 0 Å². The number of carbonyl (C=O) groups excluding carboxylic acids is 1. The molecule has 0 spiro atoms. The van der Waals surface area contributed by atoms with Crippen LogP contribution in [0.4, 0.5) is 5.69 Å². The average Bonchev–Trinajstić information content (AvgIpc) is 3.56. The number of amides is 1. The fraction of sp³-hybridized carbons (Fsp3) is 0.240. The Kier molecular flexibility index (Phi) is 5.46. The maximum absolute atomic E-state index is 11.6. The fourth-order valence-electron chi connectivity index (χ4n) is 3.99. The largest absolute Gasteiger partial charge is 0.345 e. The third-order valence-corrected chi connectivity index (χ3v) is 5.85. The van der Waals surface area contributed by atoms with Crippen LogP contribution >= 0.6 is 0 Å². The second-order valence-corrected chi connectivity index (χ2v) is 8.21. The molecule has 160 valence electrons. The normalized spacial score (nSPS) is 13.2. The summed E-state index contributed by atoms with van der Waals surface area (Å²) in [5.41, 5.74) is 6.31. The second-order valence-electron chi connectivity index (χ2n) is 8.21. The van der Waals surface area contributed by atoms with Crippen molar-refractivity contribution in [1.82, 2.24) is 24.9 Å². The molecule has 0 unspecified atom stereocenters. The zero-order chi connectivity index (χ0) is 21.9. The molecule has 4 aromatic heterocycles. The zero-order valence-electron chi connectivity index (χ0n) is 17.7. The number of hydrogen-bond donors (Lipinski definition) is 2. The number of nitrogens with zero attached hydrogens (tertiary/aromatic N) is 4. The van der Waals surface area contributed by atoms with Gasteiger partial charge in [0.1, 0.15) is 12.0 Å². The van der Waals surface area contributed by atoms with E-state index in [1.807, 2.05) is 18.5 Å². The Labute approximate surface area is 186 Å². The molecule has 1 aliphatic carbocycles. The van der Waals surface area contributed by atoms with Crippen LogP contribution < -0.4 is 5.32 Å². The number of fused-ring (bicyclic) bond motifs is 1. The van der Waals surface area contributed by atoms with Crippen LogP contribution in [-0.2, 0) is 11.2 Å². The Morgan fingerprint density at radius 2 is 2.00 bits per heavy atom. The Morgan fingerprint density at radius 3 is 2.84 bits per heavy atom. The highest BCUT2D eigenvalue weighted by Gasteiger charge is 2.21. The van der Waals surface area contributed by atoms with Gasteiger partial charge in [-0.1, -0.05) is 25.8 Å². The SMILES string of the molecule is C=CC(=O)Nc1cncc(-c2cnc3[nH]cc(-c4ncncc4CCCC4CC4)c3c2)c1. The molecule has 0 atom stereocenters. The number of carbonyl (C=O) groups is 1. The molecule has 0 bridgehead atoms. The number of hydrogen-bond acceptors (Lipinski definition) is 5. The van der Waals surface area contributed by atoms with E-state index in [0.29, 0.717) is 5.69 Å². The Morgan fingerprint density at radius 1 is 1.12 bits per heavy atom. The second kappa shape index (κ2) is 8.70. The molecular formula is C25H24N6O. The lowest BCUT2D eigenvalue weighted by molar-refractivity contribution is -0.111. The summed E-state index contributed by atoms with van der Waals surface area (Å²) in [5.74, 6) is 0.645. The van der Waals surface area contributed by atoms with Crippen LogP contribution in [0.1, 0.15) is 31.2 Å². The first-order valence-corrected chi connectivity index (χ1v) is 10.9. The van der Waals surface area contributed by atoms with E-state index in [1.54, 1.807) is 24.9 Å². The predicted octanol–water partition coefficient (Wildman–Crippen LogP) is 4.94. The minimum atomic E-state index is -0.275. The van der Waals surface area contributed by atoms with E-state index in [2.05, 4.69) is 42.9 Å². The predicted molar refractivity (Wildman–Crippen MR) is 125 cm³/mol. The van der Waals surface area contributed by atoms with Crippen LogP contribution in [0.25, 0.3) is 33.4 Å². The van der Waals surface area contributed by atoms with E-state index >= 15 is 0 Å². The molecular weight excluding hydrogens is 400 g/mol. The molecule has 2 N–H and O–H groups in total. The monoisotopic (exact) mass is 424 g/mol. The van der Waals surface area contributed by atoms with Crippen molar-refractivity contribution in [2.24, 2.45) is 5.92 Å². The van der Waals surface area contributed by atoms with Gasteiger partial charge < -0.3 is 10.3 Å². The van der Waals surface area contributed by atoms with E-state index < -0.39 is 0 Å². The topological polar surface area (TPSA) is 96.5 Å². The van der Waals surface area contributed by atoms with Crippen molar-refractivity contribution in [2.45, 2.75) is 32.1 Å². The standard InChI is InChI=1S/C25H24N6O/c1-2-23(32)31-20-8-18(11-26-13-20)19-9-21-22(14-29-25(21)28-12-19)24-17(10-27-15-30-24)5-3-4-16-6-7-16/h2,8-16H,1,3-7H2,(H,28,29)(H,31,32). The third kappa shape index (κ3) is 4.27. The van der Waals surface area contributed by atoms with Gasteiger partial charge in [0, 0.05) is 46.9 Å². The van der Waals surface area contributed by atoms with Crippen LogP contribution in [0.3, 0.4) is 0 Å². The van der Waals surface area contributed by atoms with Gasteiger partial charge in [-0.05, 0) is 42.5 Å². The maximum Gasteiger partial charge on any atom is 0.247 e. The van der Waals surface area contributed by atoms with Crippen molar-refractivity contribution >= 4 is 22.6 Å². The molecule has 1 saturated carbocycles. The van der Waals surface area contributed by atoms with E-state index in [-0.39, 0.29) is 5.91 Å². The lowest BCUT2D eigenvalue weighted by Gasteiger charge is -2.08. The summed E-state index contributed by atoms with van der Waals surface area (Å²) in [7, 11) is 0. The first-order chi connectivity index (χ1) is 15.7. The van der Waals surface area contributed by atoms with Gasteiger partial charge in [0.05, 0.1) is 17.6 Å². The van der Waals surface area contributed by atoms with E-state index in [0.717, 1.165) is 57.7 Å². The van der Waals surface area contributed by atoms with Gasteiger partial charge in [-0.3, -0.25) is 9.78 Å². The van der Waals surface area contributed by atoms with Crippen LogP contribution in [0.5, 0.6) is 0 Å². The molecule has 32 heavy (non-hydrogen) atoms. The van der Waals surface area contributed by atoms with Crippen LogP contribution in [0.15, 0.2) is 62.1 Å². The molecule has 0 aliphatic heterocycles. The van der Waals surface area contributed by atoms with Gasteiger partial charge in [0.25, 0.3) is 0 Å². The number of pyridine rings is 2. The highest BCUT2D eigenvalue weighted by molar-refractivity contribution is 5.99. The zero-order valence-corrected chi connectivity index (χ0v) is 17.7. The van der Waals surface area contributed by atoms with Gasteiger partial charge in [-0.25, -0.2) is 15.0 Å². The molecule has 1 fully saturated rings. The highest BCUT2D eigenvalue weighted by atomic mass is 16.1. The van der Waals surface area contributed by atoms with Crippen molar-refractivity contribution in [1.29, 1.82) is 0 Å². The Balaban J connectivity index is 1.48. The molecule has 7 heteroatoms. The Hall–Kier alpha value is -3.87. The fourth-order valence-corrected chi connectivity index (χ4v) is 3.99. The van der Waals surface area contributed by atoms with E-state index in [4.69, 9.17) is 0 Å². The van der Waals surface area contributed by atoms with Gasteiger partial charge in [-0.2, -0.15) is 0 Å². The minimum Gasteiger partial charge on any atom is -0.345 e. The number of aromatic amines is 1. The van der Waals surface area contributed by atoms with E-state index in [9.17, 15) is 4.79 Å². The summed E-state index contributed by atoms with van der Waals surface area (Å²) >= 11 is 0. The Bertz CT molecular complexity index is 1290. The summed E-state index contributed by atoms with van der Waals surface area (Å²) in [6.45, 7) is 3.48. The quantitative estimate of drug-likeness (QED) is 0.391. The number of anilines is 1. The van der Waals surface area contributed by atoms with Gasteiger partial charge >= 0.3 is 0 Å². The van der Waals surface area contributed by atoms with Crippen molar-refractivity contribution in [3.05, 3.63) is 67.7 Å². The number of nitrogens with one attached hydrogen (secondary N) is 2. The van der Waals surface area contributed by atoms with Crippen LogP contribution in [0, 0.1) is 5.92 Å². The summed E-state index contributed by atoms with van der Waals surface area (Å²) < 4.78 is 0. The molecule has 1 amide bonds. The molecule has 0 radical (unpaired) electrons. The first-order valence-electron chi connectivity index (χ1n) is 10.9. The summed E-state index contributed by atoms with van der Waals surface area (Å²) in [4.78, 5) is 32.6.